The van der Waals surface area contributed by atoms with E-state index in [2.05, 4.69) is 11.9 Å². The van der Waals surface area contributed by atoms with Gasteiger partial charge in [-0.2, -0.15) is 0 Å². The minimum Gasteiger partial charge on any atom is -0.304 e. The molecule has 0 aliphatic carbocycles. The van der Waals surface area contributed by atoms with Crippen LogP contribution in [-0.2, 0) is 6.42 Å². The largest absolute Gasteiger partial charge is 0.304 e. The number of nitro benzene ring substituents is 1. The zero-order valence-corrected chi connectivity index (χ0v) is 11.4. The Hall–Kier alpha value is -2.50. The maximum atomic E-state index is 11.6. The molecule has 0 unspecified atom stereocenters. The summed E-state index contributed by atoms with van der Waals surface area (Å²) in [6, 6.07) is 4.54. The van der Waals surface area contributed by atoms with Gasteiger partial charge < -0.3 is 4.57 Å². The maximum absolute atomic E-state index is 11.6. The van der Waals surface area contributed by atoms with E-state index in [-0.39, 0.29) is 17.0 Å². The lowest BCUT2D eigenvalue weighted by Crippen LogP contribution is -2.05. The van der Waals surface area contributed by atoms with Gasteiger partial charge in [-0.1, -0.05) is 6.92 Å². The molecule has 0 radical (unpaired) electrons. The van der Waals surface area contributed by atoms with Crippen LogP contribution in [-0.4, -0.2) is 20.3 Å². The smallest absolute Gasteiger partial charge is 0.280 e. The number of benzene rings is 1. The number of nitro groups is 1. The van der Waals surface area contributed by atoms with Gasteiger partial charge in [-0.15, -0.1) is 0 Å². The van der Waals surface area contributed by atoms with Crippen molar-refractivity contribution in [3.8, 4) is 5.69 Å². The Labute approximate surface area is 116 Å². The van der Waals surface area contributed by atoms with Crippen LogP contribution in [0.15, 0.2) is 30.6 Å². The third-order valence-electron chi connectivity index (χ3n) is 3.03. The number of rotatable bonds is 5. The first-order valence-electron chi connectivity index (χ1n) is 6.36. The Balaban J connectivity index is 2.53. The Morgan fingerprint density at radius 2 is 2.20 bits per heavy atom. The van der Waals surface area contributed by atoms with Gasteiger partial charge in [-0.25, -0.2) is 4.98 Å². The van der Waals surface area contributed by atoms with Gasteiger partial charge >= 0.3 is 0 Å². The van der Waals surface area contributed by atoms with Crippen LogP contribution in [0.2, 0.25) is 0 Å². The number of carbonyl (C=O) groups excluding carboxylic acids is 1. The molecule has 0 saturated carbocycles. The van der Waals surface area contributed by atoms with Gasteiger partial charge in [0.1, 0.15) is 5.82 Å². The molecular weight excluding hydrogens is 258 g/mol. The van der Waals surface area contributed by atoms with Gasteiger partial charge in [-0.3, -0.25) is 14.9 Å². The summed E-state index contributed by atoms with van der Waals surface area (Å²) in [6.07, 6.45) is 5.22. The summed E-state index contributed by atoms with van der Waals surface area (Å²) in [7, 11) is 0. The van der Waals surface area contributed by atoms with E-state index in [1.807, 2.05) is 4.57 Å². The van der Waals surface area contributed by atoms with E-state index >= 15 is 0 Å². The van der Waals surface area contributed by atoms with Crippen molar-refractivity contribution in [2.45, 2.75) is 26.7 Å². The van der Waals surface area contributed by atoms with Gasteiger partial charge in [0.05, 0.1) is 10.5 Å². The second kappa shape index (κ2) is 5.64. The summed E-state index contributed by atoms with van der Waals surface area (Å²) in [4.78, 5) is 26.2. The molecule has 0 aliphatic heterocycles. The Kier molecular flexibility index (Phi) is 3.93. The predicted molar refractivity (Wildman–Crippen MR) is 74.2 cm³/mol. The fraction of sp³-hybridized carbons (Fsp3) is 0.286. The standard InChI is InChI=1S/C14H15N3O3/c1-3-4-14-15-7-8-16(14)11-5-6-13(17(19)20)12(9-11)10(2)18/h5-9H,3-4H2,1-2H3. The normalized spacial score (nSPS) is 10.5. The van der Waals surface area contributed by atoms with Crippen LogP contribution in [0, 0.1) is 10.1 Å². The van der Waals surface area contributed by atoms with Crippen molar-refractivity contribution in [1.82, 2.24) is 9.55 Å². The fourth-order valence-corrected chi connectivity index (χ4v) is 2.09. The van der Waals surface area contributed by atoms with Crippen molar-refractivity contribution >= 4 is 11.5 Å². The number of ketones is 1. The molecule has 0 saturated heterocycles. The minimum atomic E-state index is -0.540. The van der Waals surface area contributed by atoms with Crippen molar-refractivity contribution < 1.29 is 9.72 Å². The maximum Gasteiger partial charge on any atom is 0.280 e. The van der Waals surface area contributed by atoms with E-state index in [0.717, 1.165) is 18.7 Å². The Morgan fingerprint density at radius 1 is 1.45 bits per heavy atom. The summed E-state index contributed by atoms with van der Waals surface area (Å²) >= 11 is 0. The second-order valence-corrected chi connectivity index (χ2v) is 4.48. The molecule has 2 rings (SSSR count). The number of Topliss-reactive ketones (excluding diaryl/α,β-unsaturated/α-hetero) is 1. The van der Waals surface area contributed by atoms with Crippen LogP contribution < -0.4 is 0 Å². The second-order valence-electron chi connectivity index (χ2n) is 4.48. The third kappa shape index (κ3) is 2.59. The van der Waals surface area contributed by atoms with E-state index in [4.69, 9.17) is 0 Å². The summed E-state index contributed by atoms with van der Waals surface area (Å²) in [5.74, 6) is 0.548. The van der Waals surface area contributed by atoms with E-state index in [0.29, 0.717) is 5.69 Å². The highest BCUT2D eigenvalue weighted by Gasteiger charge is 2.18. The first-order valence-corrected chi connectivity index (χ1v) is 6.36. The molecule has 6 nitrogen and oxygen atoms in total. The zero-order valence-electron chi connectivity index (χ0n) is 11.4. The number of hydrogen-bond donors (Lipinski definition) is 0. The van der Waals surface area contributed by atoms with Crippen LogP contribution in [0.25, 0.3) is 5.69 Å². The van der Waals surface area contributed by atoms with Crippen molar-refractivity contribution in [2.75, 3.05) is 0 Å². The SMILES string of the molecule is CCCc1nccn1-c1ccc([N+](=O)[O-])c(C(C)=O)c1. The lowest BCUT2D eigenvalue weighted by Gasteiger charge is -2.08. The molecule has 0 atom stereocenters. The predicted octanol–water partition coefficient (Wildman–Crippen LogP) is 2.94. The molecule has 0 amide bonds. The van der Waals surface area contributed by atoms with Crippen LogP contribution in [0.4, 0.5) is 5.69 Å². The highest BCUT2D eigenvalue weighted by atomic mass is 16.6. The van der Waals surface area contributed by atoms with E-state index in [1.165, 1.54) is 13.0 Å². The average molecular weight is 273 g/mol. The molecule has 1 aromatic heterocycles. The van der Waals surface area contributed by atoms with Gasteiger partial charge in [0, 0.05) is 30.6 Å². The van der Waals surface area contributed by atoms with E-state index < -0.39 is 4.92 Å². The fourth-order valence-electron chi connectivity index (χ4n) is 2.09. The number of aryl methyl sites for hydroxylation is 1. The number of imidazole rings is 1. The van der Waals surface area contributed by atoms with Gasteiger partial charge in [0.25, 0.3) is 5.69 Å². The van der Waals surface area contributed by atoms with Crippen molar-refractivity contribution in [1.29, 1.82) is 0 Å². The molecule has 104 valence electrons. The molecule has 1 aromatic carbocycles. The van der Waals surface area contributed by atoms with E-state index in [1.54, 1.807) is 24.5 Å². The highest BCUT2D eigenvalue weighted by molar-refractivity contribution is 5.98. The monoisotopic (exact) mass is 273 g/mol. The van der Waals surface area contributed by atoms with Crippen molar-refractivity contribution in [2.24, 2.45) is 0 Å². The van der Waals surface area contributed by atoms with Crippen molar-refractivity contribution in [3.63, 3.8) is 0 Å². The molecule has 0 spiro atoms. The third-order valence-corrected chi connectivity index (χ3v) is 3.03. The number of carbonyl (C=O) groups is 1. The molecule has 0 N–H and O–H groups in total. The lowest BCUT2D eigenvalue weighted by atomic mass is 10.1. The quantitative estimate of drug-likeness (QED) is 0.476. The molecule has 0 aliphatic rings. The van der Waals surface area contributed by atoms with Crippen LogP contribution >= 0.6 is 0 Å². The summed E-state index contributed by atoms with van der Waals surface area (Å²) < 4.78 is 1.85. The summed E-state index contributed by atoms with van der Waals surface area (Å²) in [5.41, 5.74) is 0.656. The van der Waals surface area contributed by atoms with Gasteiger partial charge in [0.15, 0.2) is 5.78 Å². The molecule has 1 heterocycles. The van der Waals surface area contributed by atoms with E-state index in [9.17, 15) is 14.9 Å². The molecule has 6 heteroatoms. The first kappa shape index (κ1) is 13.9. The lowest BCUT2D eigenvalue weighted by molar-refractivity contribution is -0.385. The van der Waals surface area contributed by atoms with Gasteiger partial charge in [-0.05, 0) is 25.5 Å². The number of hydrogen-bond acceptors (Lipinski definition) is 4. The minimum absolute atomic E-state index is 0.114. The average Bonchev–Trinajstić information content (AvgIpc) is 2.86. The van der Waals surface area contributed by atoms with Gasteiger partial charge in [0.2, 0.25) is 0 Å². The topological polar surface area (TPSA) is 78.0 Å². The molecule has 20 heavy (non-hydrogen) atoms. The number of aromatic nitrogens is 2. The molecular formula is C14H15N3O3. The van der Waals surface area contributed by atoms with Crippen LogP contribution in [0.1, 0.15) is 36.5 Å². The summed E-state index contributed by atoms with van der Waals surface area (Å²) in [6.45, 7) is 3.38. The molecule has 2 aromatic rings. The molecule has 0 fully saturated rings. The zero-order chi connectivity index (χ0) is 14.7. The number of nitrogens with zero attached hydrogens (tertiary/aromatic N) is 3. The Morgan fingerprint density at radius 3 is 2.80 bits per heavy atom. The van der Waals surface area contributed by atoms with Crippen molar-refractivity contribution in [3.05, 3.63) is 52.1 Å². The first-order chi connectivity index (χ1) is 9.54. The van der Waals surface area contributed by atoms with Crippen LogP contribution in [0.3, 0.4) is 0 Å². The highest BCUT2D eigenvalue weighted by Crippen LogP contribution is 2.23. The Bertz CT molecular complexity index is 661. The summed E-state index contributed by atoms with van der Waals surface area (Å²) in [5, 5.41) is 10.9. The van der Waals surface area contributed by atoms with Crippen LogP contribution in [0.5, 0.6) is 0 Å². The molecule has 0 bridgehead atoms.